The maximum absolute atomic E-state index is 4.44. The third-order valence-electron chi connectivity index (χ3n) is 4.15. The van der Waals surface area contributed by atoms with Crippen molar-refractivity contribution in [2.75, 3.05) is 0 Å². The predicted molar refractivity (Wildman–Crippen MR) is 78.5 cm³/mol. The van der Waals surface area contributed by atoms with Crippen LogP contribution in [0.3, 0.4) is 0 Å². The van der Waals surface area contributed by atoms with E-state index in [4.69, 9.17) is 0 Å². The lowest BCUT2D eigenvalue weighted by Gasteiger charge is -2.23. The van der Waals surface area contributed by atoms with Crippen LogP contribution in [0.4, 0.5) is 0 Å². The van der Waals surface area contributed by atoms with Gasteiger partial charge in [0.25, 0.3) is 0 Å². The largest absolute Gasteiger partial charge is 0.308 e. The van der Waals surface area contributed by atoms with E-state index in [1.807, 2.05) is 18.7 Å². The smallest absolute Gasteiger partial charge is 0.0739 e. The SMILES string of the molecule is Cc1nn(C)c(CNC2CCCCCC2C)c1Br. The molecule has 2 atom stereocenters. The molecule has 1 aromatic rings. The van der Waals surface area contributed by atoms with E-state index < -0.39 is 0 Å². The average molecular weight is 314 g/mol. The van der Waals surface area contributed by atoms with Gasteiger partial charge < -0.3 is 5.32 Å². The van der Waals surface area contributed by atoms with Crippen LogP contribution in [0.25, 0.3) is 0 Å². The summed E-state index contributed by atoms with van der Waals surface area (Å²) in [5.41, 5.74) is 2.33. The van der Waals surface area contributed by atoms with Crippen LogP contribution in [-0.4, -0.2) is 15.8 Å². The van der Waals surface area contributed by atoms with Gasteiger partial charge in [0, 0.05) is 19.6 Å². The first-order valence-electron chi connectivity index (χ1n) is 7.01. The summed E-state index contributed by atoms with van der Waals surface area (Å²) in [6, 6.07) is 0.662. The first kappa shape index (κ1) is 14.1. The van der Waals surface area contributed by atoms with Gasteiger partial charge in [0.1, 0.15) is 0 Å². The first-order valence-corrected chi connectivity index (χ1v) is 7.80. The molecular weight excluding hydrogens is 290 g/mol. The summed E-state index contributed by atoms with van der Waals surface area (Å²) in [5.74, 6) is 0.792. The summed E-state index contributed by atoms with van der Waals surface area (Å²) >= 11 is 3.63. The van der Waals surface area contributed by atoms with Gasteiger partial charge >= 0.3 is 0 Å². The van der Waals surface area contributed by atoms with Gasteiger partial charge in [-0.3, -0.25) is 4.68 Å². The maximum Gasteiger partial charge on any atom is 0.0739 e. The molecule has 1 saturated carbocycles. The zero-order valence-corrected chi connectivity index (χ0v) is 13.3. The number of nitrogens with zero attached hydrogens (tertiary/aromatic N) is 2. The Morgan fingerprint density at radius 2 is 2.06 bits per heavy atom. The number of nitrogens with one attached hydrogen (secondary N) is 1. The molecule has 1 heterocycles. The second-order valence-electron chi connectivity index (χ2n) is 5.57. The summed E-state index contributed by atoms with van der Waals surface area (Å²) in [5, 5.41) is 8.17. The number of aryl methyl sites for hydroxylation is 2. The minimum atomic E-state index is 0.662. The number of halogens is 1. The fourth-order valence-electron chi connectivity index (χ4n) is 2.90. The second kappa shape index (κ2) is 6.20. The average Bonchev–Trinajstić information content (AvgIpc) is 2.51. The van der Waals surface area contributed by atoms with Gasteiger partial charge in [-0.2, -0.15) is 5.10 Å². The molecule has 3 nitrogen and oxygen atoms in total. The summed E-state index contributed by atoms with van der Waals surface area (Å²) in [7, 11) is 2.02. The van der Waals surface area contributed by atoms with Crippen LogP contribution in [0.2, 0.25) is 0 Å². The van der Waals surface area contributed by atoms with Crippen LogP contribution in [0.1, 0.15) is 50.4 Å². The molecule has 1 aromatic heterocycles. The summed E-state index contributed by atoms with van der Waals surface area (Å²) < 4.78 is 3.13. The molecule has 1 aliphatic carbocycles. The normalized spacial score (nSPS) is 25.1. The van der Waals surface area contributed by atoms with E-state index in [-0.39, 0.29) is 0 Å². The predicted octanol–water partition coefficient (Wildman–Crippen LogP) is 3.55. The van der Waals surface area contributed by atoms with Crippen LogP contribution in [0, 0.1) is 12.8 Å². The standard InChI is InChI=1S/C14H24BrN3/c1-10-7-5-4-6-8-12(10)16-9-13-14(15)11(2)17-18(13)3/h10,12,16H,4-9H2,1-3H3. The van der Waals surface area contributed by atoms with Gasteiger partial charge in [-0.15, -0.1) is 0 Å². The van der Waals surface area contributed by atoms with Crippen LogP contribution in [0.15, 0.2) is 4.47 Å². The molecule has 0 spiro atoms. The van der Waals surface area contributed by atoms with E-state index in [9.17, 15) is 0 Å². The first-order chi connectivity index (χ1) is 8.59. The lowest BCUT2D eigenvalue weighted by Crippen LogP contribution is -2.34. The Morgan fingerprint density at radius 1 is 1.33 bits per heavy atom. The van der Waals surface area contributed by atoms with Crippen molar-refractivity contribution in [3.8, 4) is 0 Å². The van der Waals surface area contributed by atoms with E-state index in [0.29, 0.717) is 6.04 Å². The molecule has 1 N–H and O–H groups in total. The Bertz CT molecular complexity index is 400. The molecule has 0 saturated heterocycles. The Balaban J connectivity index is 1.97. The highest BCUT2D eigenvalue weighted by Gasteiger charge is 2.20. The Hall–Kier alpha value is -0.350. The third-order valence-corrected chi connectivity index (χ3v) is 5.19. The number of aromatic nitrogens is 2. The fraction of sp³-hybridized carbons (Fsp3) is 0.786. The molecule has 102 valence electrons. The summed E-state index contributed by atoms with van der Waals surface area (Å²) in [4.78, 5) is 0. The van der Waals surface area contributed by atoms with Crippen LogP contribution >= 0.6 is 15.9 Å². The van der Waals surface area contributed by atoms with E-state index in [2.05, 4.69) is 33.3 Å². The van der Waals surface area contributed by atoms with E-state index >= 15 is 0 Å². The molecule has 1 aliphatic rings. The monoisotopic (exact) mass is 313 g/mol. The zero-order valence-electron chi connectivity index (χ0n) is 11.7. The van der Waals surface area contributed by atoms with Gasteiger partial charge in [0.15, 0.2) is 0 Å². The molecule has 18 heavy (non-hydrogen) atoms. The molecule has 0 bridgehead atoms. The minimum absolute atomic E-state index is 0.662. The minimum Gasteiger partial charge on any atom is -0.308 e. The molecule has 0 aliphatic heterocycles. The topological polar surface area (TPSA) is 29.9 Å². The Labute approximate surface area is 118 Å². The Kier molecular flexibility index (Phi) is 4.84. The van der Waals surface area contributed by atoms with E-state index in [1.54, 1.807) is 0 Å². The van der Waals surface area contributed by atoms with Gasteiger partial charge in [-0.05, 0) is 41.6 Å². The van der Waals surface area contributed by atoms with Gasteiger partial charge in [-0.25, -0.2) is 0 Å². The number of rotatable bonds is 3. The van der Waals surface area contributed by atoms with Crippen molar-refractivity contribution in [2.24, 2.45) is 13.0 Å². The van der Waals surface area contributed by atoms with Crippen LogP contribution < -0.4 is 5.32 Å². The van der Waals surface area contributed by atoms with Crippen molar-refractivity contribution in [2.45, 2.75) is 58.5 Å². The molecule has 4 heteroatoms. The lowest BCUT2D eigenvalue weighted by molar-refractivity contribution is 0.352. The molecule has 0 aromatic carbocycles. The zero-order chi connectivity index (χ0) is 13.1. The van der Waals surface area contributed by atoms with Gasteiger partial charge in [0.2, 0.25) is 0 Å². The highest BCUT2D eigenvalue weighted by atomic mass is 79.9. The highest BCUT2D eigenvalue weighted by Crippen LogP contribution is 2.24. The summed E-state index contributed by atoms with van der Waals surface area (Å²) in [6.07, 6.45) is 6.84. The van der Waals surface area contributed by atoms with Crippen molar-refractivity contribution in [3.05, 3.63) is 15.9 Å². The van der Waals surface area contributed by atoms with Crippen molar-refractivity contribution in [3.63, 3.8) is 0 Å². The van der Waals surface area contributed by atoms with Crippen molar-refractivity contribution < 1.29 is 0 Å². The number of hydrogen-bond acceptors (Lipinski definition) is 2. The third kappa shape index (κ3) is 3.15. The van der Waals surface area contributed by atoms with Gasteiger partial charge in [0.05, 0.1) is 15.9 Å². The Morgan fingerprint density at radius 3 is 2.72 bits per heavy atom. The summed E-state index contributed by atoms with van der Waals surface area (Å²) in [6.45, 7) is 5.33. The second-order valence-corrected chi connectivity index (χ2v) is 6.37. The van der Waals surface area contributed by atoms with E-state index in [0.717, 1.165) is 22.6 Å². The number of hydrogen-bond donors (Lipinski definition) is 1. The molecule has 0 amide bonds. The van der Waals surface area contributed by atoms with Crippen molar-refractivity contribution in [1.29, 1.82) is 0 Å². The molecule has 0 radical (unpaired) electrons. The van der Waals surface area contributed by atoms with E-state index in [1.165, 1.54) is 37.8 Å². The molecule has 2 rings (SSSR count). The quantitative estimate of drug-likeness (QED) is 0.865. The van der Waals surface area contributed by atoms with Crippen molar-refractivity contribution >= 4 is 15.9 Å². The molecule has 2 unspecified atom stereocenters. The van der Waals surface area contributed by atoms with Gasteiger partial charge in [-0.1, -0.05) is 26.2 Å². The lowest BCUT2D eigenvalue weighted by atomic mass is 9.97. The highest BCUT2D eigenvalue weighted by molar-refractivity contribution is 9.10. The molecule has 1 fully saturated rings. The fourth-order valence-corrected chi connectivity index (χ4v) is 3.37. The van der Waals surface area contributed by atoms with Crippen LogP contribution in [0.5, 0.6) is 0 Å². The van der Waals surface area contributed by atoms with Crippen molar-refractivity contribution in [1.82, 2.24) is 15.1 Å². The molecular formula is C14H24BrN3. The van der Waals surface area contributed by atoms with Crippen LogP contribution in [-0.2, 0) is 13.6 Å². The maximum atomic E-state index is 4.44.